The van der Waals surface area contributed by atoms with E-state index in [2.05, 4.69) is 0 Å². The van der Waals surface area contributed by atoms with Crippen LogP contribution in [0, 0.1) is 0 Å². The molecule has 1 aliphatic rings. The van der Waals surface area contributed by atoms with Crippen molar-refractivity contribution in [3.8, 4) is 92.0 Å². The predicted molar refractivity (Wildman–Crippen MR) is 462 cm³/mol. The Hall–Kier alpha value is -13.7. The van der Waals surface area contributed by atoms with Gasteiger partial charge in [-0.25, -0.2) is 38.4 Å². The van der Waals surface area contributed by atoms with E-state index in [0.717, 1.165) is 0 Å². The van der Waals surface area contributed by atoms with Crippen molar-refractivity contribution in [2.45, 2.75) is 262 Å². The summed E-state index contributed by atoms with van der Waals surface area (Å²) in [6.45, 7) is 37.8. The van der Waals surface area contributed by atoms with Gasteiger partial charge in [0.2, 0.25) is 0 Å². The summed E-state index contributed by atoms with van der Waals surface area (Å²) in [4.78, 5) is 110. The fourth-order valence-corrected chi connectivity index (χ4v) is 13.0. The van der Waals surface area contributed by atoms with E-state index in [9.17, 15) is 79.2 Å². The highest BCUT2D eigenvalue weighted by Crippen LogP contribution is 2.47. The number of hydrogen-bond donors (Lipinski definition) is 8. The molecule has 128 heavy (non-hydrogen) atoms. The monoisotopic (exact) mass is 1780 g/mol. The van der Waals surface area contributed by atoms with E-state index in [-0.39, 0.29) is 135 Å². The summed E-state index contributed by atoms with van der Waals surface area (Å²) in [5.74, 6) is -7.10. The molecule has 0 saturated carbocycles. The molecule has 0 amide bonds. The minimum absolute atomic E-state index is 0.143. The molecule has 0 aromatic heterocycles. The third kappa shape index (κ3) is 29.2. The van der Waals surface area contributed by atoms with Gasteiger partial charge in [-0.1, -0.05) is 0 Å². The molecule has 9 rings (SSSR count). The van der Waals surface area contributed by atoms with Crippen LogP contribution in [0.25, 0.3) is 0 Å². The van der Waals surface area contributed by atoms with Gasteiger partial charge in [0.25, 0.3) is 0 Å². The van der Waals surface area contributed by atoms with Crippen molar-refractivity contribution in [3.63, 3.8) is 0 Å². The zero-order valence-electron chi connectivity index (χ0n) is 76.3. The molecule has 0 spiro atoms. The first kappa shape index (κ1) is 98.1. The summed E-state index contributed by atoms with van der Waals surface area (Å²) in [5.41, 5.74) is -11.4. The molecule has 16 bridgehead atoms. The van der Waals surface area contributed by atoms with Gasteiger partial charge in [-0.05, 0) is 263 Å². The second-order valence-corrected chi connectivity index (χ2v) is 38.7. The smallest absolute Gasteiger partial charge is 0.507 e. The van der Waals surface area contributed by atoms with E-state index in [4.69, 9.17) is 75.8 Å². The van der Waals surface area contributed by atoms with Crippen LogP contribution in [-0.2, 0) is 89.3 Å². The average molecular weight is 1780 g/mol. The molecule has 8 N–H and O–H groups in total. The number of aromatic hydroxyl groups is 8. The fourth-order valence-electron chi connectivity index (χ4n) is 13.0. The molecule has 0 heterocycles. The highest BCUT2D eigenvalue weighted by molar-refractivity contribution is 5.73. The number of carbonyl (C=O) groups excluding carboxylic acids is 8. The summed E-state index contributed by atoms with van der Waals surface area (Å²) >= 11 is 0. The van der Waals surface area contributed by atoms with E-state index < -0.39 is 191 Å². The molecular formula is C96H112O32. The zero-order chi connectivity index (χ0) is 95.4. The largest absolute Gasteiger partial charge is 0.514 e. The van der Waals surface area contributed by atoms with Crippen LogP contribution in [0.15, 0.2) is 97.1 Å². The lowest BCUT2D eigenvalue weighted by Gasteiger charge is -2.22. The number of ether oxygens (including phenoxy) is 16. The maximum atomic E-state index is 13.8. The van der Waals surface area contributed by atoms with Crippen LogP contribution in [0.4, 0.5) is 38.4 Å². The molecule has 8 aromatic rings. The van der Waals surface area contributed by atoms with Crippen molar-refractivity contribution in [1.82, 2.24) is 0 Å². The summed E-state index contributed by atoms with van der Waals surface area (Å²) in [5, 5.41) is 103. The van der Waals surface area contributed by atoms with E-state index in [1.54, 1.807) is 166 Å². The minimum atomic E-state index is -1.23. The summed E-state index contributed by atoms with van der Waals surface area (Å²) in [7, 11) is 0. The van der Waals surface area contributed by atoms with Crippen molar-refractivity contribution in [3.05, 3.63) is 186 Å². The number of rotatable bonds is 8. The maximum absolute atomic E-state index is 13.8. The quantitative estimate of drug-likeness (QED) is 0.0398. The van der Waals surface area contributed by atoms with Crippen LogP contribution in [-0.4, -0.2) is 135 Å². The third-order valence-electron chi connectivity index (χ3n) is 17.7. The van der Waals surface area contributed by atoms with Gasteiger partial charge < -0.3 is 117 Å². The molecule has 0 unspecified atom stereocenters. The van der Waals surface area contributed by atoms with E-state index in [1.165, 1.54) is 97.1 Å². The summed E-state index contributed by atoms with van der Waals surface area (Å²) in [6, 6.07) is 19.6. The molecule has 0 saturated heterocycles. The van der Waals surface area contributed by atoms with E-state index >= 15 is 0 Å². The zero-order valence-corrected chi connectivity index (χ0v) is 76.3. The van der Waals surface area contributed by atoms with E-state index in [0.29, 0.717) is 0 Å². The molecule has 0 atom stereocenters. The molecule has 0 radical (unpaired) electrons. The van der Waals surface area contributed by atoms with Crippen LogP contribution in [0.2, 0.25) is 0 Å². The highest BCUT2D eigenvalue weighted by Gasteiger charge is 2.33. The van der Waals surface area contributed by atoms with Crippen LogP contribution < -0.4 is 37.9 Å². The van der Waals surface area contributed by atoms with Crippen molar-refractivity contribution in [2.24, 2.45) is 0 Å². The Kier molecular flexibility index (Phi) is 29.0. The van der Waals surface area contributed by atoms with Crippen LogP contribution in [0.1, 0.15) is 255 Å². The van der Waals surface area contributed by atoms with Gasteiger partial charge in [-0.2, -0.15) is 0 Å². The van der Waals surface area contributed by atoms with Crippen molar-refractivity contribution in [1.29, 1.82) is 0 Å². The van der Waals surface area contributed by atoms with Crippen LogP contribution in [0.5, 0.6) is 92.0 Å². The van der Waals surface area contributed by atoms with Gasteiger partial charge in [0.05, 0.1) is 0 Å². The Balaban J connectivity index is 1.40. The SMILES string of the molecule is CC(C)(C)OC(=O)Oc1cc2c(O)c(c1)Cc1cc(OC(=O)OC(C)(C)C)cc(c1O)Cc1cc(OC(=O)OC(C)(C)C)cc(c1O)Cc1cc(OC(=O)OC(C)(C)C)cc(c1O)Cc1cc(OC(=O)OC(C)(C)C)cc(c1O)Cc1cc(OC(=O)OC(C)(C)C)cc(c1O)Cc1cc(OC(=O)OC(C)(C)C)cc(c1O)Cc1cc(OC(=O)OC(C)(C)C)cc(c1O)C2. The van der Waals surface area contributed by atoms with Gasteiger partial charge in [-0.15, -0.1) is 0 Å². The Labute approximate surface area is 741 Å². The lowest BCUT2D eigenvalue weighted by molar-refractivity contribution is 0.0192. The molecule has 8 aromatic carbocycles. The first-order valence-corrected chi connectivity index (χ1v) is 40.8. The van der Waals surface area contributed by atoms with Gasteiger partial charge in [-0.3, -0.25) is 0 Å². The molecule has 1 aliphatic carbocycles. The fraction of sp³-hybridized carbons (Fsp3) is 0.417. The van der Waals surface area contributed by atoms with Gasteiger partial charge in [0.15, 0.2) is 0 Å². The number of carbonyl (C=O) groups is 8. The number of phenols is 8. The van der Waals surface area contributed by atoms with Crippen molar-refractivity contribution in [2.75, 3.05) is 0 Å². The Morgan fingerprint density at radius 1 is 0.164 bits per heavy atom. The lowest BCUT2D eigenvalue weighted by atomic mass is 9.91. The number of benzene rings is 8. The summed E-state index contributed by atoms with van der Waals surface area (Å²) < 4.78 is 91.1. The highest BCUT2D eigenvalue weighted by atomic mass is 16.8. The Morgan fingerprint density at radius 2 is 0.234 bits per heavy atom. The summed E-state index contributed by atoms with van der Waals surface area (Å²) in [6.07, 6.45) is -14.4. The van der Waals surface area contributed by atoms with Gasteiger partial charge in [0.1, 0.15) is 137 Å². The first-order chi connectivity index (χ1) is 58.8. The Bertz CT molecular complexity index is 4380. The first-order valence-electron chi connectivity index (χ1n) is 40.8. The lowest BCUT2D eigenvalue weighted by Crippen LogP contribution is -2.26. The average Bonchev–Trinajstić information content (AvgIpc) is 0.783. The molecule has 0 aliphatic heterocycles. The molecule has 688 valence electrons. The normalized spacial score (nSPS) is 12.9. The van der Waals surface area contributed by atoms with Gasteiger partial charge >= 0.3 is 49.2 Å². The standard InChI is InChI=1S/C96H112O32/c1-89(2,3)121-81(105)113-65-33-49-25-51-35-66(114-82(106)122-90(4,5)6)37-53(74(51)98)27-55-39-68(116-84(108)124-92(10,11)12)41-57(76(55)100)29-59-43-70(118-86(110)126-94(16,17)18)45-61(78(59)102)31-63-47-72(120-88(112)128-96(22,23)24)48-64(80(63)104)32-62-46-71(119-87(111)127-95(19,20)21)44-60(79(62)103)30-58-42-69(117-85(109)125-93(13,14)15)40-56(77(58)101)28-54-38-67(115-83(107)123-91(7,8)9)36-52(75(54)99)26-50(34-65)73(49)97/h33-48,97-104H,25-32H2,1-24H3. The van der Waals surface area contributed by atoms with Crippen LogP contribution >= 0.6 is 0 Å². The number of phenolic OH excluding ortho intramolecular Hbond substituents is 8. The Morgan fingerprint density at radius 3 is 0.297 bits per heavy atom. The van der Waals surface area contributed by atoms with E-state index in [1.807, 2.05) is 0 Å². The minimum Gasteiger partial charge on any atom is -0.507 e. The van der Waals surface area contributed by atoms with Crippen molar-refractivity contribution >= 4 is 49.2 Å². The second kappa shape index (κ2) is 37.9. The van der Waals surface area contributed by atoms with Crippen LogP contribution in [0.3, 0.4) is 0 Å². The molecule has 32 nitrogen and oxygen atoms in total. The molecule has 32 heteroatoms. The maximum Gasteiger partial charge on any atom is 0.514 e. The number of hydrogen-bond acceptors (Lipinski definition) is 32. The third-order valence-corrected chi connectivity index (χ3v) is 17.7. The predicted octanol–water partition coefficient (Wildman–Crippen LogP) is 20.9. The topological polar surface area (TPSA) is 446 Å². The van der Waals surface area contributed by atoms with Gasteiger partial charge in [0, 0.05) is 140 Å². The second-order valence-electron chi connectivity index (χ2n) is 38.7. The molecule has 0 fully saturated rings. The number of fused-ring (bicyclic) bond motifs is 16. The molecular weight excluding hydrogens is 1670 g/mol. The van der Waals surface area contributed by atoms with Crippen molar-refractivity contribution < 1.29 is 155 Å².